The molecule has 2 N–H and O–H groups in total. The Bertz CT molecular complexity index is 826. The smallest absolute Gasteiger partial charge is 0.246 e. The SMILES string of the molecule is COC(CC(CCCCN1CCN(Cc2ccccc2)CC1)C(=O)NO)c1ccc(F)cc1. The molecule has 33 heavy (non-hydrogen) atoms. The molecule has 1 aliphatic heterocycles. The van der Waals surface area contributed by atoms with Crippen molar-refractivity contribution in [3.8, 4) is 0 Å². The fraction of sp³-hybridized carbons (Fsp3) is 0.500. The molecule has 0 aliphatic carbocycles. The molecule has 6 nitrogen and oxygen atoms in total. The van der Waals surface area contributed by atoms with Crippen molar-refractivity contribution in [2.24, 2.45) is 5.92 Å². The van der Waals surface area contributed by atoms with E-state index in [2.05, 4.69) is 40.1 Å². The first kappa shape index (κ1) is 25.3. The third kappa shape index (κ3) is 8.19. The molecule has 1 aliphatic rings. The molecule has 7 heteroatoms. The maximum atomic E-state index is 13.2. The molecule has 0 saturated carbocycles. The molecule has 2 aromatic carbocycles. The highest BCUT2D eigenvalue weighted by molar-refractivity contribution is 5.77. The number of unbranched alkanes of at least 4 members (excludes halogenated alkanes) is 1. The van der Waals surface area contributed by atoms with Gasteiger partial charge in [0.1, 0.15) is 5.82 Å². The second-order valence-corrected chi connectivity index (χ2v) is 8.78. The topological polar surface area (TPSA) is 65.0 Å². The molecule has 0 radical (unpaired) electrons. The number of nitrogens with one attached hydrogen (secondary N) is 1. The van der Waals surface area contributed by atoms with Crippen LogP contribution in [0.15, 0.2) is 54.6 Å². The van der Waals surface area contributed by atoms with Crippen LogP contribution >= 0.6 is 0 Å². The van der Waals surface area contributed by atoms with E-state index < -0.39 is 5.91 Å². The zero-order chi connectivity index (χ0) is 23.5. The summed E-state index contributed by atoms with van der Waals surface area (Å²) in [6, 6.07) is 16.7. The van der Waals surface area contributed by atoms with Crippen LogP contribution < -0.4 is 5.48 Å². The summed E-state index contributed by atoms with van der Waals surface area (Å²) >= 11 is 0. The molecule has 1 amide bonds. The van der Waals surface area contributed by atoms with Crippen molar-refractivity contribution in [2.45, 2.75) is 38.3 Å². The summed E-state index contributed by atoms with van der Waals surface area (Å²) in [5, 5.41) is 9.19. The number of hydroxylamine groups is 1. The summed E-state index contributed by atoms with van der Waals surface area (Å²) in [5.74, 6) is -1.07. The average Bonchev–Trinajstić information content (AvgIpc) is 2.85. The highest BCUT2D eigenvalue weighted by Gasteiger charge is 2.24. The summed E-state index contributed by atoms with van der Waals surface area (Å²) < 4.78 is 18.8. The summed E-state index contributed by atoms with van der Waals surface area (Å²) in [4.78, 5) is 17.2. The Morgan fingerprint density at radius 1 is 1.03 bits per heavy atom. The van der Waals surface area contributed by atoms with Gasteiger partial charge in [-0.3, -0.25) is 14.9 Å². The largest absolute Gasteiger partial charge is 0.377 e. The molecule has 0 bridgehead atoms. The molecule has 2 atom stereocenters. The molecule has 180 valence electrons. The number of methoxy groups -OCH3 is 1. The van der Waals surface area contributed by atoms with E-state index in [-0.39, 0.29) is 17.8 Å². The first-order valence-electron chi connectivity index (χ1n) is 11.8. The number of carbonyl (C=O) groups excluding carboxylic acids is 1. The van der Waals surface area contributed by atoms with Gasteiger partial charge in [0.25, 0.3) is 0 Å². The van der Waals surface area contributed by atoms with Crippen LogP contribution in [0.1, 0.15) is 42.9 Å². The van der Waals surface area contributed by atoms with E-state index in [9.17, 15) is 14.4 Å². The highest BCUT2D eigenvalue weighted by atomic mass is 19.1. The highest BCUT2D eigenvalue weighted by Crippen LogP contribution is 2.28. The van der Waals surface area contributed by atoms with Crippen LogP contribution in [0.3, 0.4) is 0 Å². The number of hydrogen-bond donors (Lipinski definition) is 2. The fourth-order valence-electron chi connectivity index (χ4n) is 4.49. The number of rotatable bonds is 12. The number of halogens is 1. The Balaban J connectivity index is 1.39. The summed E-state index contributed by atoms with van der Waals surface area (Å²) in [6.07, 6.45) is 2.67. The number of amides is 1. The minimum atomic E-state index is -0.395. The van der Waals surface area contributed by atoms with Gasteiger partial charge in [0, 0.05) is 45.8 Å². The third-order valence-electron chi connectivity index (χ3n) is 6.50. The van der Waals surface area contributed by atoms with Crippen LogP contribution in [0.5, 0.6) is 0 Å². The average molecular weight is 458 g/mol. The molecule has 2 unspecified atom stereocenters. The Labute approximate surface area is 196 Å². The van der Waals surface area contributed by atoms with Crippen LogP contribution in [0, 0.1) is 11.7 Å². The molecule has 1 fully saturated rings. The first-order valence-corrected chi connectivity index (χ1v) is 11.8. The van der Waals surface area contributed by atoms with Crippen molar-refractivity contribution in [2.75, 3.05) is 39.8 Å². The van der Waals surface area contributed by atoms with Crippen molar-refractivity contribution in [3.63, 3.8) is 0 Å². The lowest BCUT2D eigenvalue weighted by Gasteiger charge is -2.34. The van der Waals surface area contributed by atoms with Gasteiger partial charge in [-0.25, -0.2) is 9.87 Å². The Kier molecular flexibility index (Phi) is 10.3. The molecule has 3 rings (SSSR count). The van der Waals surface area contributed by atoms with Crippen LogP contribution in [-0.4, -0.2) is 60.7 Å². The Hall–Kier alpha value is -2.32. The van der Waals surface area contributed by atoms with Crippen molar-refractivity contribution >= 4 is 5.91 Å². The lowest BCUT2D eigenvalue weighted by atomic mass is 9.91. The predicted octanol–water partition coefficient (Wildman–Crippen LogP) is 4.01. The zero-order valence-corrected chi connectivity index (χ0v) is 19.5. The third-order valence-corrected chi connectivity index (χ3v) is 6.50. The molecule has 2 aromatic rings. The number of piperazine rings is 1. The number of benzene rings is 2. The van der Waals surface area contributed by atoms with Gasteiger partial charge >= 0.3 is 0 Å². The van der Waals surface area contributed by atoms with Gasteiger partial charge in [-0.05, 0) is 49.1 Å². The van der Waals surface area contributed by atoms with Crippen LogP contribution in [0.4, 0.5) is 4.39 Å². The summed E-state index contributed by atoms with van der Waals surface area (Å²) in [7, 11) is 1.58. The van der Waals surface area contributed by atoms with Gasteiger partial charge in [-0.1, -0.05) is 48.9 Å². The van der Waals surface area contributed by atoms with E-state index in [1.807, 2.05) is 0 Å². The Morgan fingerprint density at radius 3 is 2.33 bits per heavy atom. The summed E-state index contributed by atoms with van der Waals surface area (Å²) in [6.45, 7) is 6.27. The molecule has 0 spiro atoms. The lowest BCUT2D eigenvalue weighted by Crippen LogP contribution is -2.46. The maximum absolute atomic E-state index is 13.2. The molecule has 1 heterocycles. The molecular formula is C26H36FN3O3. The standard InChI is InChI=1S/C26H36FN3O3/c1-33-25(22-10-12-24(27)13-11-22)19-23(26(31)28-32)9-5-6-14-29-15-17-30(18-16-29)20-21-7-3-2-4-8-21/h2-4,7-8,10-13,23,25,32H,5-6,9,14-20H2,1H3,(H,28,31). The van der Waals surface area contributed by atoms with Crippen molar-refractivity contribution in [1.29, 1.82) is 0 Å². The Morgan fingerprint density at radius 2 is 1.70 bits per heavy atom. The molecule has 0 aromatic heterocycles. The monoisotopic (exact) mass is 457 g/mol. The van der Waals surface area contributed by atoms with E-state index in [1.165, 1.54) is 17.7 Å². The van der Waals surface area contributed by atoms with Crippen molar-refractivity contribution < 1.29 is 19.1 Å². The van der Waals surface area contributed by atoms with Crippen LogP contribution in [-0.2, 0) is 16.1 Å². The summed E-state index contributed by atoms with van der Waals surface area (Å²) in [5.41, 5.74) is 3.98. The number of nitrogens with zero attached hydrogens (tertiary/aromatic N) is 2. The number of carbonyl (C=O) groups is 1. The van der Waals surface area contributed by atoms with Crippen molar-refractivity contribution in [3.05, 3.63) is 71.5 Å². The van der Waals surface area contributed by atoms with Gasteiger partial charge in [-0.2, -0.15) is 0 Å². The van der Waals surface area contributed by atoms with Gasteiger partial charge in [0.2, 0.25) is 5.91 Å². The minimum absolute atomic E-state index is 0.306. The predicted molar refractivity (Wildman–Crippen MR) is 126 cm³/mol. The van der Waals surface area contributed by atoms with E-state index in [1.54, 1.807) is 24.7 Å². The maximum Gasteiger partial charge on any atom is 0.246 e. The zero-order valence-electron chi connectivity index (χ0n) is 19.5. The van der Waals surface area contributed by atoms with Gasteiger partial charge < -0.3 is 9.64 Å². The normalized spacial score (nSPS) is 16.9. The minimum Gasteiger partial charge on any atom is -0.377 e. The van der Waals surface area contributed by atoms with Gasteiger partial charge in [0.15, 0.2) is 0 Å². The number of hydrogen-bond acceptors (Lipinski definition) is 5. The fourth-order valence-corrected chi connectivity index (χ4v) is 4.49. The molecule has 1 saturated heterocycles. The van der Waals surface area contributed by atoms with Gasteiger partial charge in [0.05, 0.1) is 6.10 Å². The quantitative estimate of drug-likeness (QED) is 0.286. The lowest BCUT2D eigenvalue weighted by molar-refractivity contribution is -0.135. The van der Waals surface area contributed by atoms with E-state index >= 15 is 0 Å². The van der Waals surface area contributed by atoms with E-state index in [0.29, 0.717) is 12.8 Å². The number of ether oxygens (including phenoxy) is 1. The van der Waals surface area contributed by atoms with Gasteiger partial charge in [-0.15, -0.1) is 0 Å². The second kappa shape index (κ2) is 13.4. The first-order chi connectivity index (χ1) is 16.1. The van der Waals surface area contributed by atoms with Crippen molar-refractivity contribution in [1.82, 2.24) is 15.3 Å². The van der Waals surface area contributed by atoms with Crippen LogP contribution in [0.2, 0.25) is 0 Å². The van der Waals surface area contributed by atoms with E-state index in [4.69, 9.17) is 4.74 Å². The van der Waals surface area contributed by atoms with E-state index in [0.717, 1.165) is 57.7 Å². The van der Waals surface area contributed by atoms with Crippen LogP contribution in [0.25, 0.3) is 0 Å². The molecular weight excluding hydrogens is 421 g/mol. The second-order valence-electron chi connectivity index (χ2n) is 8.78.